The Bertz CT molecular complexity index is 588. The van der Waals surface area contributed by atoms with Gasteiger partial charge in [-0.3, -0.25) is 4.99 Å². The van der Waals surface area contributed by atoms with Crippen molar-refractivity contribution in [1.82, 2.24) is 0 Å². The van der Waals surface area contributed by atoms with Crippen LogP contribution < -0.4 is 0 Å². The van der Waals surface area contributed by atoms with Gasteiger partial charge in [-0.05, 0) is 30.7 Å². The molecule has 0 heterocycles. The van der Waals surface area contributed by atoms with E-state index in [-0.39, 0.29) is 12.4 Å². The van der Waals surface area contributed by atoms with E-state index < -0.39 is 5.54 Å². The van der Waals surface area contributed by atoms with Crippen molar-refractivity contribution in [2.24, 2.45) is 4.99 Å². The highest BCUT2D eigenvalue weighted by molar-refractivity contribution is 6.02. The lowest BCUT2D eigenvalue weighted by molar-refractivity contribution is 0.223. The molecule has 0 saturated carbocycles. The molecule has 0 unspecified atom stereocenters. The van der Waals surface area contributed by atoms with Crippen molar-refractivity contribution >= 4 is 17.0 Å². The summed E-state index contributed by atoms with van der Waals surface area (Å²) in [6, 6.07) is 11.4. The Kier molecular flexibility index (Phi) is 3.34. The van der Waals surface area contributed by atoms with Crippen LogP contribution in [0.1, 0.15) is 19.4 Å². The van der Waals surface area contributed by atoms with Gasteiger partial charge in [-0.15, -0.1) is 0 Å². The zero-order valence-corrected chi connectivity index (χ0v) is 10.6. The average molecular weight is 243 g/mol. The Morgan fingerprint density at radius 1 is 1.17 bits per heavy atom. The Balaban J connectivity index is 2.53. The molecular weight excluding hydrogens is 226 g/mol. The number of aliphatic hydroxyl groups is 1. The van der Waals surface area contributed by atoms with E-state index in [4.69, 9.17) is 0 Å². The maximum absolute atomic E-state index is 9.92. The van der Waals surface area contributed by atoms with E-state index in [2.05, 4.69) is 4.99 Å². The Labute approximate surface area is 106 Å². The summed E-state index contributed by atoms with van der Waals surface area (Å²) in [6.45, 7) is 3.65. The summed E-state index contributed by atoms with van der Waals surface area (Å²) in [5.41, 5.74) is 0.151. The summed E-state index contributed by atoms with van der Waals surface area (Å²) in [6.07, 6.45) is 1.63. The van der Waals surface area contributed by atoms with Crippen LogP contribution in [-0.2, 0) is 0 Å². The van der Waals surface area contributed by atoms with Gasteiger partial charge < -0.3 is 10.2 Å². The summed E-state index contributed by atoms with van der Waals surface area (Å²) >= 11 is 0. The lowest BCUT2D eigenvalue weighted by Crippen LogP contribution is -2.22. The molecule has 3 nitrogen and oxygen atoms in total. The second kappa shape index (κ2) is 4.78. The highest BCUT2D eigenvalue weighted by Crippen LogP contribution is 2.26. The number of fused-ring (bicyclic) bond motifs is 1. The van der Waals surface area contributed by atoms with E-state index in [0.29, 0.717) is 5.56 Å². The number of hydrogen-bond acceptors (Lipinski definition) is 3. The van der Waals surface area contributed by atoms with E-state index in [1.54, 1.807) is 12.3 Å². The first kappa shape index (κ1) is 12.6. The molecule has 0 aliphatic rings. The second-order valence-corrected chi connectivity index (χ2v) is 4.95. The smallest absolute Gasteiger partial charge is 0.124 e. The summed E-state index contributed by atoms with van der Waals surface area (Å²) in [5.74, 6) is 0.200. The van der Waals surface area contributed by atoms with Crippen molar-refractivity contribution < 1.29 is 10.2 Å². The molecule has 2 N–H and O–H groups in total. The minimum absolute atomic E-state index is 0.0327. The molecule has 2 rings (SSSR count). The lowest BCUT2D eigenvalue weighted by Gasteiger charge is -2.15. The molecule has 2 aromatic carbocycles. The Morgan fingerprint density at radius 3 is 2.61 bits per heavy atom. The number of phenols is 1. The number of aromatic hydroxyl groups is 1. The van der Waals surface area contributed by atoms with Crippen LogP contribution in [0.5, 0.6) is 5.75 Å². The SMILES string of the molecule is CC(C)(CO)N=Cc1c(O)ccc2ccccc12. The summed E-state index contributed by atoms with van der Waals surface area (Å²) < 4.78 is 0. The number of aliphatic imine (C=N–C) groups is 1. The molecule has 0 aromatic heterocycles. The maximum Gasteiger partial charge on any atom is 0.124 e. The number of nitrogens with zero attached hydrogens (tertiary/aromatic N) is 1. The van der Waals surface area contributed by atoms with Gasteiger partial charge in [0.2, 0.25) is 0 Å². The van der Waals surface area contributed by atoms with E-state index in [1.807, 2.05) is 44.2 Å². The van der Waals surface area contributed by atoms with Crippen LogP contribution in [0.4, 0.5) is 0 Å². The van der Waals surface area contributed by atoms with Crippen LogP contribution in [0.15, 0.2) is 41.4 Å². The second-order valence-electron chi connectivity index (χ2n) is 4.95. The first-order chi connectivity index (χ1) is 8.53. The lowest BCUT2D eigenvalue weighted by atomic mass is 10.0. The van der Waals surface area contributed by atoms with Crippen molar-refractivity contribution in [3.05, 3.63) is 42.0 Å². The summed E-state index contributed by atoms with van der Waals surface area (Å²) in [4.78, 5) is 4.32. The van der Waals surface area contributed by atoms with Crippen LogP contribution in [0.2, 0.25) is 0 Å². The first-order valence-corrected chi connectivity index (χ1v) is 5.90. The fourth-order valence-corrected chi connectivity index (χ4v) is 1.70. The quantitative estimate of drug-likeness (QED) is 0.814. The van der Waals surface area contributed by atoms with Gasteiger partial charge in [0.15, 0.2) is 0 Å². The minimum Gasteiger partial charge on any atom is -0.507 e. The van der Waals surface area contributed by atoms with Crippen molar-refractivity contribution in [2.45, 2.75) is 19.4 Å². The summed E-state index contributed by atoms with van der Waals surface area (Å²) in [5, 5.41) is 21.1. The topological polar surface area (TPSA) is 52.8 Å². The zero-order chi connectivity index (χ0) is 13.2. The molecule has 0 fully saturated rings. The number of rotatable bonds is 3. The molecule has 0 radical (unpaired) electrons. The highest BCUT2D eigenvalue weighted by Gasteiger charge is 2.13. The zero-order valence-electron chi connectivity index (χ0n) is 10.6. The molecular formula is C15H17NO2. The van der Waals surface area contributed by atoms with Gasteiger partial charge in [0, 0.05) is 11.8 Å². The van der Waals surface area contributed by atoms with Gasteiger partial charge >= 0.3 is 0 Å². The van der Waals surface area contributed by atoms with Gasteiger partial charge in [-0.1, -0.05) is 30.3 Å². The van der Waals surface area contributed by atoms with Gasteiger partial charge in [-0.25, -0.2) is 0 Å². The molecule has 2 aromatic rings. The third-order valence-electron chi connectivity index (χ3n) is 2.88. The molecule has 0 aliphatic heterocycles. The molecule has 0 atom stereocenters. The fourth-order valence-electron chi connectivity index (χ4n) is 1.70. The van der Waals surface area contributed by atoms with Crippen LogP contribution in [0.3, 0.4) is 0 Å². The maximum atomic E-state index is 9.92. The highest BCUT2D eigenvalue weighted by atomic mass is 16.3. The van der Waals surface area contributed by atoms with Crippen LogP contribution in [0.25, 0.3) is 10.8 Å². The molecule has 3 heteroatoms. The van der Waals surface area contributed by atoms with Crippen molar-refractivity contribution in [3.63, 3.8) is 0 Å². The predicted octanol–water partition coefficient (Wildman–Crippen LogP) is 2.74. The largest absolute Gasteiger partial charge is 0.507 e. The standard InChI is InChI=1S/C15H17NO2/c1-15(2,10-17)16-9-13-12-6-4-3-5-11(12)7-8-14(13)18/h3-9,17-18H,10H2,1-2H3. The van der Waals surface area contributed by atoms with Gasteiger partial charge in [0.05, 0.1) is 12.1 Å². The normalized spacial score (nSPS) is 12.4. The predicted molar refractivity (Wildman–Crippen MR) is 74.4 cm³/mol. The molecule has 0 spiro atoms. The Morgan fingerprint density at radius 2 is 1.89 bits per heavy atom. The molecule has 94 valence electrons. The number of aliphatic hydroxyl groups excluding tert-OH is 1. The third kappa shape index (κ3) is 2.51. The van der Waals surface area contributed by atoms with Crippen molar-refractivity contribution in [1.29, 1.82) is 0 Å². The van der Waals surface area contributed by atoms with Crippen LogP contribution >= 0.6 is 0 Å². The first-order valence-electron chi connectivity index (χ1n) is 5.90. The van der Waals surface area contributed by atoms with Gasteiger partial charge in [-0.2, -0.15) is 0 Å². The number of benzene rings is 2. The summed E-state index contributed by atoms with van der Waals surface area (Å²) in [7, 11) is 0. The molecule has 18 heavy (non-hydrogen) atoms. The van der Waals surface area contributed by atoms with Crippen LogP contribution in [0, 0.1) is 0 Å². The molecule has 0 aliphatic carbocycles. The fraction of sp³-hybridized carbons (Fsp3) is 0.267. The van der Waals surface area contributed by atoms with E-state index in [0.717, 1.165) is 10.8 Å². The minimum atomic E-state index is -0.538. The number of phenolic OH excluding ortho intramolecular Hbond substituents is 1. The third-order valence-corrected chi connectivity index (χ3v) is 2.88. The monoisotopic (exact) mass is 243 g/mol. The van der Waals surface area contributed by atoms with E-state index in [9.17, 15) is 10.2 Å². The van der Waals surface area contributed by atoms with Crippen molar-refractivity contribution in [3.8, 4) is 5.75 Å². The molecule has 0 amide bonds. The van der Waals surface area contributed by atoms with E-state index in [1.165, 1.54) is 0 Å². The van der Waals surface area contributed by atoms with Crippen LogP contribution in [-0.4, -0.2) is 28.6 Å². The Hall–Kier alpha value is -1.87. The van der Waals surface area contributed by atoms with E-state index >= 15 is 0 Å². The molecule has 0 bridgehead atoms. The van der Waals surface area contributed by atoms with Gasteiger partial charge in [0.1, 0.15) is 5.75 Å². The molecule has 0 saturated heterocycles. The average Bonchev–Trinajstić information content (AvgIpc) is 2.37. The van der Waals surface area contributed by atoms with Crippen molar-refractivity contribution in [2.75, 3.05) is 6.61 Å². The van der Waals surface area contributed by atoms with Gasteiger partial charge in [0.25, 0.3) is 0 Å². The number of hydrogen-bond donors (Lipinski definition) is 2.